The zero-order valence-corrected chi connectivity index (χ0v) is 20.3. The zero-order chi connectivity index (χ0) is 24.0. The molecule has 1 saturated heterocycles. The van der Waals surface area contributed by atoms with Crippen molar-refractivity contribution in [1.29, 1.82) is 0 Å². The van der Waals surface area contributed by atoms with Gasteiger partial charge in [-0.3, -0.25) is 9.59 Å². The maximum atomic E-state index is 13.3. The summed E-state index contributed by atoms with van der Waals surface area (Å²) in [6.45, 7) is 4.67. The van der Waals surface area contributed by atoms with Crippen LogP contribution in [0.3, 0.4) is 0 Å². The van der Waals surface area contributed by atoms with E-state index in [1.54, 1.807) is 28.3 Å². The van der Waals surface area contributed by atoms with Crippen LogP contribution in [0.1, 0.15) is 49.0 Å². The van der Waals surface area contributed by atoms with Crippen molar-refractivity contribution < 1.29 is 22.7 Å². The molecule has 0 aliphatic carbocycles. The van der Waals surface area contributed by atoms with Gasteiger partial charge in [0.05, 0.1) is 17.9 Å². The van der Waals surface area contributed by atoms with Crippen LogP contribution in [-0.4, -0.2) is 55.7 Å². The zero-order valence-electron chi connectivity index (χ0n) is 19.4. The van der Waals surface area contributed by atoms with Crippen molar-refractivity contribution in [2.75, 3.05) is 20.2 Å². The number of hydrogen-bond acceptors (Lipinski definition) is 5. The molecule has 0 bridgehead atoms. The molecular weight excluding hydrogens is 440 g/mol. The molecule has 0 spiro atoms. The van der Waals surface area contributed by atoms with Crippen molar-refractivity contribution in [1.82, 2.24) is 9.21 Å². The molecule has 178 valence electrons. The number of sulfonamides is 1. The summed E-state index contributed by atoms with van der Waals surface area (Å²) >= 11 is 0. The summed E-state index contributed by atoms with van der Waals surface area (Å²) in [4.78, 5) is 27.1. The summed E-state index contributed by atoms with van der Waals surface area (Å²) in [5.74, 6) is -1.16. The van der Waals surface area contributed by atoms with E-state index in [2.05, 4.69) is 0 Å². The van der Waals surface area contributed by atoms with E-state index in [1.807, 2.05) is 37.3 Å². The van der Waals surface area contributed by atoms with E-state index < -0.39 is 21.9 Å². The summed E-state index contributed by atoms with van der Waals surface area (Å²) in [7, 11) is -2.28. The van der Waals surface area contributed by atoms with Gasteiger partial charge in [0.1, 0.15) is 0 Å². The van der Waals surface area contributed by atoms with Gasteiger partial charge in [0.15, 0.2) is 0 Å². The van der Waals surface area contributed by atoms with E-state index in [-0.39, 0.29) is 23.4 Å². The van der Waals surface area contributed by atoms with Crippen molar-refractivity contribution in [3.05, 3.63) is 65.7 Å². The Bertz CT molecular complexity index is 1050. The predicted octanol–water partition coefficient (Wildman–Crippen LogP) is 3.70. The van der Waals surface area contributed by atoms with Gasteiger partial charge in [-0.05, 0) is 49.6 Å². The summed E-state index contributed by atoms with van der Waals surface area (Å²) in [6, 6.07) is 15.6. The molecule has 0 radical (unpaired) electrons. The summed E-state index contributed by atoms with van der Waals surface area (Å²) < 4.78 is 32.5. The van der Waals surface area contributed by atoms with Gasteiger partial charge in [-0.2, -0.15) is 4.31 Å². The standard InChI is InChI=1S/C25H32N2O5S/c1-19(25(29)32-3)17-26(18-21-10-5-4-6-11-21)24(28)22-12-14-23(15-13-22)33(30,31)27-16-8-7-9-20(27)2/h4-6,10-15,19-20H,7-9,16-18H2,1-3H3. The number of ether oxygens (including phenoxy) is 1. The number of amides is 1. The van der Waals surface area contributed by atoms with Crippen molar-refractivity contribution in [3.63, 3.8) is 0 Å². The van der Waals surface area contributed by atoms with Crippen molar-refractivity contribution in [3.8, 4) is 0 Å². The SMILES string of the molecule is COC(=O)C(C)CN(Cc1ccccc1)C(=O)c1ccc(S(=O)(=O)N2CCCCC2C)cc1. The molecule has 3 rings (SSSR count). The maximum Gasteiger partial charge on any atom is 0.310 e. The monoisotopic (exact) mass is 472 g/mol. The second-order valence-corrected chi connectivity index (χ2v) is 10.5. The number of rotatable bonds is 8. The second-order valence-electron chi connectivity index (χ2n) is 8.58. The van der Waals surface area contributed by atoms with Crippen molar-refractivity contribution >= 4 is 21.9 Å². The molecule has 1 aliphatic heterocycles. The molecule has 2 aromatic carbocycles. The molecule has 1 heterocycles. The van der Waals surface area contributed by atoms with E-state index >= 15 is 0 Å². The lowest BCUT2D eigenvalue weighted by Crippen LogP contribution is -2.41. The quantitative estimate of drug-likeness (QED) is 0.547. The van der Waals surface area contributed by atoms with Gasteiger partial charge in [0.2, 0.25) is 10.0 Å². The van der Waals surface area contributed by atoms with Gasteiger partial charge < -0.3 is 9.64 Å². The van der Waals surface area contributed by atoms with Crippen LogP contribution in [0.2, 0.25) is 0 Å². The molecule has 1 aliphatic rings. The van der Waals surface area contributed by atoms with Gasteiger partial charge >= 0.3 is 5.97 Å². The Hall–Kier alpha value is -2.71. The summed E-state index contributed by atoms with van der Waals surface area (Å²) in [6.07, 6.45) is 2.73. The number of esters is 1. The van der Waals surface area contributed by atoms with E-state index in [0.717, 1.165) is 24.8 Å². The number of nitrogens with zero attached hydrogens (tertiary/aromatic N) is 2. The van der Waals surface area contributed by atoms with Gasteiger partial charge in [0, 0.05) is 31.2 Å². The van der Waals surface area contributed by atoms with E-state index in [9.17, 15) is 18.0 Å². The molecule has 33 heavy (non-hydrogen) atoms. The normalized spacial score (nSPS) is 17.8. The lowest BCUT2D eigenvalue weighted by Gasteiger charge is -2.32. The predicted molar refractivity (Wildman–Crippen MR) is 126 cm³/mol. The Morgan fingerprint density at radius 2 is 1.76 bits per heavy atom. The smallest absolute Gasteiger partial charge is 0.310 e. The minimum Gasteiger partial charge on any atom is -0.469 e. The lowest BCUT2D eigenvalue weighted by atomic mass is 10.1. The molecule has 7 nitrogen and oxygen atoms in total. The Morgan fingerprint density at radius 3 is 2.36 bits per heavy atom. The first-order valence-electron chi connectivity index (χ1n) is 11.3. The molecule has 0 saturated carbocycles. The van der Waals surface area contributed by atoms with Crippen molar-refractivity contribution in [2.24, 2.45) is 5.92 Å². The fourth-order valence-corrected chi connectivity index (χ4v) is 5.85. The molecule has 0 aromatic heterocycles. The topological polar surface area (TPSA) is 84.0 Å². The van der Waals surface area contributed by atoms with Crippen LogP contribution in [0.4, 0.5) is 0 Å². The number of hydrogen-bond donors (Lipinski definition) is 0. The average molecular weight is 473 g/mol. The lowest BCUT2D eigenvalue weighted by molar-refractivity contribution is -0.145. The number of carbonyl (C=O) groups is 2. The number of piperidine rings is 1. The third-order valence-electron chi connectivity index (χ3n) is 6.05. The third kappa shape index (κ3) is 6.00. The third-order valence-corrected chi connectivity index (χ3v) is 8.08. The van der Waals surface area contributed by atoms with E-state index in [0.29, 0.717) is 18.7 Å². The first-order chi connectivity index (χ1) is 15.7. The van der Waals surface area contributed by atoms with Crippen LogP contribution in [-0.2, 0) is 26.1 Å². The van der Waals surface area contributed by atoms with Crippen LogP contribution in [0.5, 0.6) is 0 Å². The average Bonchev–Trinajstić information content (AvgIpc) is 2.83. The largest absolute Gasteiger partial charge is 0.469 e. The molecular formula is C25H32N2O5S. The highest BCUT2D eigenvalue weighted by molar-refractivity contribution is 7.89. The van der Waals surface area contributed by atoms with Gasteiger partial charge in [-0.15, -0.1) is 0 Å². The highest BCUT2D eigenvalue weighted by atomic mass is 32.2. The first-order valence-corrected chi connectivity index (χ1v) is 12.7. The minimum absolute atomic E-state index is 0.0359. The maximum absolute atomic E-state index is 13.3. The fourth-order valence-electron chi connectivity index (χ4n) is 4.15. The molecule has 2 aromatic rings. The molecule has 2 unspecified atom stereocenters. The van der Waals surface area contributed by atoms with Crippen LogP contribution in [0.15, 0.2) is 59.5 Å². The number of benzene rings is 2. The van der Waals surface area contributed by atoms with Gasteiger partial charge in [-0.25, -0.2) is 8.42 Å². The summed E-state index contributed by atoms with van der Waals surface area (Å²) in [5.41, 5.74) is 1.30. The van der Waals surface area contributed by atoms with Gasteiger partial charge in [0.25, 0.3) is 5.91 Å². The highest BCUT2D eigenvalue weighted by Gasteiger charge is 2.31. The van der Waals surface area contributed by atoms with Crippen LogP contribution >= 0.6 is 0 Å². The molecule has 8 heteroatoms. The fraction of sp³-hybridized carbons (Fsp3) is 0.440. The molecule has 0 N–H and O–H groups in total. The number of carbonyl (C=O) groups excluding carboxylic acids is 2. The Balaban J connectivity index is 1.82. The Morgan fingerprint density at radius 1 is 1.09 bits per heavy atom. The van der Waals surface area contributed by atoms with Gasteiger partial charge in [-0.1, -0.05) is 43.7 Å². The summed E-state index contributed by atoms with van der Waals surface area (Å²) in [5, 5.41) is 0. The number of methoxy groups -OCH3 is 1. The molecule has 2 atom stereocenters. The highest BCUT2D eigenvalue weighted by Crippen LogP contribution is 2.25. The second kappa shape index (κ2) is 10.9. The Labute approximate surface area is 196 Å². The van der Waals surface area contributed by atoms with E-state index in [1.165, 1.54) is 19.2 Å². The van der Waals surface area contributed by atoms with Crippen molar-refractivity contribution in [2.45, 2.75) is 50.6 Å². The minimum atomic E-state index is -3.61. The van der Waals surface area contributed by atoms with Crippen LogP contribution in [0.25, 0.3) is 0 Å². The van der Waals surface area contributed by atoms with Crippen LogP contribution < -0.4 is 0 Å². The molecule has 1 fully saturated rings. The first kappa shape index (κ1) is 24.9. The van der Waals surface area contributed by atoms with E-state index in [4.69, 9.17) is 4.74 Å². The van der Waals surface area contributed by atoms with Crippen LogP contribution in [0, 0.1) is 5.92 Å². The molecule has 1 amide bonds. The Kier molecular flexibility index (Phi) is 8.26.